The van der Waals surface area contributed by atoms with E-state index in [1.165, 1.54) is 12.8 Å². The fourth-order valence-electron chi connectivity index (χ4n) is 4.33. The van der Waals surface area contributed by atoms with Crippen molar-refractivity contribution < 1.29 is 5.11 Å². The van der Waals surface area contributed by atoms with Crippen LogP contribution < -0.4 is 0 Å². The molecular weight excluding hydrogens is 160 g/mol. The van der Waals surface area contributed by atoms with Crippen LogP contribution in [-0.4, -0.2) is 11.2 Å². The van der Waals surface area contributed by atoms with Crippen molar-refractivity contribution in [3.8, 4) is 0 Å². The van der Waals surface area contributed by atoms with Crippen LogP contribution in [0, 0.1) is 22.7 Å². The first-order valence-electron chi connectivity index (χ1n) is 5.45. The van der Waals surface area contributed by atoms with E-state index in [1.54, 1.807) is 0 Å². The summed E-state index contributed by atoms with van der Waals surface area (Å²) in [5.74, 6) is 1.49. The highest BCUT2D eigenvalue weighted by atomic mass is 16.3. The molecule has 0 amide bonds. The van der Waals surface area contributed by atoms with Crippen LogP contribution in [-0.2, 0) is 0 Å². The molecular formula is C12H18O. The van der Waals surface area contributed by atoms with Crippen molar-refractivity contribution in [3.05, 3.63) is 12.2 Å². The number of hydrogen-bond donors (Lipinski definition) is 1. The van der Waals surface area contributed by atoms with Gasteiger partial charge in [-0.25, -0.2) is 0 Å². The Morgan fingerprint density at radius 1 is 1.23 bits per heavy atom. The lowest BCUT2D eigenvalue weighted by Gasteiger charge is -2.44. The molecule has 0 radical (unpaired) electrons. The number of aliphatic hydroxyl groups is 1. The summed E-state index contributed by atoms with van der Waals surface area (Å²) in [6.07, 6.45) is 8.25. The standard InChI is InChI=1S/C12H18O/c1-11-5-3-4-8-6-9(11)7-10(13)12(8,11)2/h3,5,8-10,13H,4,6-7H2,1-2H3/t8-,9+,10+,11+,12-/m0/s1. The van der Waals surface area contributed by atoms with Crippen LogP contribution >= 0.6 is 0 Å². The second kappa shape index (κ2) is 2.03. The van der Waals surface area contributed by atoms with Gasteiger partial charge in [-0.15, -0.1) is 0 Å². The number of allylic oxidation sites excluding steroid dienone is 2. The van der Waals surface area contributed by atoms with Gasteiger partial charge in [0.05, 0.1) is 6.10 Å². The molecule has 2 fully saturated rings. The van der Waals surface area contributed by atoms with Crippen LogP contribution in [0.15, 0.2) is 12.2 Å². The average molecular weight is 178 g/mol. The molecule has 1 heteroatoms. The van der Waals surface area contributed by atoms with Gasteiger partial charge in [0.25, 0.3) is 0 Å². The lowest BCUT2D eigenvalue weighted by Crippen LogP contribution is -2.43. The molecule has 0 heterocycles. The van der Waals surface area contributed by atoms with Gasteiger partial charge in [0.1, 0.15) is 0 Å². The lowest BCUT2D eigenvalue weighted by molar-refractivity contribution is -0.0206. The molecule has 5 atom stereocenters. The predicted molar refractivity (Wildman–Crippen MR) is 52.2 cm³/mol. The Labute approximate surface area is 79.8 Å². The first-order chi connectivity index (χ1) is 6.09. The minimum absolute atomic E-state index is 0.0498. The van der Waals surface area contributed by atoms with Gasteiger partial charge >= 0.3 is 0 Å². The first kappa shape index (κ1) is 8.05. The van der Waals surface area contributed by atoms with Crippen molar-refractivity contribution in [2.24, 2.45) is 22.7 Å². The lowest BCUT2D eigenvalue weighted by atomic mass is 9.61. The van der Waals surface area contributed by atoms with Crippen LogP contribution in [0.4, 0.5) is 0 Å². The van der Waals surface area contributed by atoms with E-state index in [0.717, 1.165) is 18.3 Å². The predicted octanol–water partition coefficient (Wildman–Crippen LogP) is 2.36. The molecule has 3 aliphatic carbocycles. The molecule has 0 aromatic heterocycles. The van der Waals surface area contributed by atoms with Gasteiger partial charge in [-0.05, 0) is 36.5 Å². The summed E-state index contributed by atoms with van der Waals surface area (Å²) >= 11 is 0. The minimum Gasteiger partial charge on any atom is -0.393 e. The van der Waals surface area contributed by atoms with Crippen molar-refractivity contribution in [3.63, 3.8) is 0 Å². The summed E-state index contributed by atoms with van der Waals surface area (Å²) in [5.41, 5.74) is 0.488. The van der Waals surface area contributed by atoms with Crippen LogP contribution in [0.2, 0.25) is 0 Å². The fraction of sp³-hybridized carbons (Fsp3) is 0.833. The maximum absolute atomic E-state index is 10.1. The van der Waals surface area contributed by atoms with Crippen molar-refractivity contribution >= 4 is 0 Å². The van der Waals surface area contributed by atoms with E-state index in [0.29, 0.717) is 5.41 Å². The van der Waals surface area contributed by atoms with Gasteiger partial charge in [0.15, 0.2) is 0 Å². The Morgan fingerprint density at radius 3 is 2.62 bits per heavy atom. The zero-order valence-corrected chi connectivity index (χ0v) is 8.46. The molecule has 0 spiro atoms. The van der Waals surface area contributed by atoms with Gasteiger partial charge in [0, 0.05) is 5.41 Å². The minimum atomic E-state index is -0.0498. The third-order valence-electron chi connectivity index (χ3n) is 5.51. The summed E-state index contributed by atoms with van der Waals surface area (Å²) in [4.78, 5) is 0. The third-order valence-corrected chi connectivity index (χ3v) is 5.51. The molecule has 4 bridgehead atoms. The Hall–Kier alpha value is -0.300. The van der Waals surface area contributed by atoms with Crippen molar-refractivity contribution in [2.75, 3.05) is 0 Å². The largest absolute Gasteiger partial charge is 0.393 e. The van der Waals surface area contributed by atoms with E-state index < -0.39 is 0 Å². The monoisotopic (exact) mass is 178 g/mol. The molecule has 13 heavy (non-hydrogen) atoms. The summed E-state index contributed by atoms with van der Waals surface area (Å²) in [5, 5.41) is 10.1. The van der Waals surface area contributed by atoms with Gasteiger partial charge in [-0.1, -0.05) is 26.0 Å². The van der Waals surface area contributed by atoms with Gasteiger partial charge in [-0.3, -0.25) is 0 Å². The van der Waals surface area contributed by atoms with Crippen molar-refractivity contribution in [2.45, 2.75) is 39.2 Å². The second-order valence-corrected chi connectivity index (χ2v) is 5.58. The third kappa shape index (κ3) is 0.633. The highest BCUT2D eigenvalue weighted by molar-refractivity contribution is 5.26. The summed E-state index contributed by atoms with van der Waals surface area (Å²) in [6, 6.07) is 0. The topological polar surface area (TPSA) is 20.2 Å². The van der Waals surface area contributed by atoms with E-state index in [4.69, 9.17) is 0 Å². The Kier molecular flexibility index (Phi) is 1.26. The molecule has 0 saturated heterocycles. The molecule has 3 rings (SSSR count). The molecule has 72 valence electrons. The highest BCUT2D eigenvalue weighted by Crippen LogP contribution is 2.71. The highest BCUT2D eigenvalue weighted by Gasteiger charge is 2.67. The SMILES string of the molecule is C[C@@]12[C@H]3CC=C[C@]1(C)[C@H](C3)C[C@H]2O. The van der Waals surface area contributed by atoms with Crippen molar-refractivity contribution in [1.29, 1.82) is 0 Å². The van der Waals surface area contributed by atoms with E-state index >= 15 is 0 Å². The quantitative estimate of drug-likeness (QED) is 0.565. The Balaban J connectivity index is 2.19. The smallest absolute Gasteiger partial charge is 0.0607 e. The van der Waals surface area contributed by atoms with E-state index in [2.05, 4.69) is 26.0 Å². The number of rotatable bonds is 0. The molecule has 0 aromatic carbocycles. The van der Waals surface area contributed by atoms with Crippen molar-refractivity contribution in [1.82, 2.24) is 0 Å². The first-order valence-corrected chi connectivity index (χ1v) is 5.45. The molecule has 3 aliphatic rings. The summed E-state index contributed by atoms with van der Waals surface area (Å²) in [7, 11) is 0. The van der Waals surface area contributed by atoms with E-state index in [-0.39, 0.29) is 11.5 Å². The summed E-state index contributed by atoms with van der Waals surface area (Å²) in [6.45, 7) is 4.66. The van der Waals surface area contributed by atoms with Gasteiger partial charge in [-0.2, -0.15) is 0 Å². The van der Waals surface area contributed by atoms with E-state index in [9.17, 15) is 5.11 Å². The zero-order chi connectivity index (χ0) is 9.27. The molecule has 1 N–H and O–H groups in total. The molecule has 2 saturated carbocycles. The normalized spacial score (nSPS) is 63.2. The Morgan fingerprint density at radius 2 is 2.00 bits per heavy atom. The number of hydrogen-bond acceptors (Lipinski definition) is 1. The van der Waals surface area contributed by atoms with Crippen LogP contribution in [0.25, 0.3) is 0 Å². The average Bonchev–Trinajstić information content (AvgIpc) is 2.36. The Bertz CT molecular complexity index is 283. The molecule has 0 aromatic rings. The maximum Gasteiger partial charge on any atom is 0.0607 e. The molecule has 1 nitrogen and oxygen atoms in total. The van der Waals surface area contributed by atoms with Crippen LogP contribution in [0.3, 0.4) is 0 Å². The molecule has 0 unspecified atom stereocenters. The summed E-state index contributed by atoms with van der Waals surface area (Å²) < 4.78 is 0. The van der Waals surface area contributed by atoms with Crippen LogP contribution in [0.1, 0.15) is 33.1 Å². The number of aliphatic hydroxyl groups excluding tert-OH is 1. The maximum atomic E-state index is 10.1. The fourth-order valence-corrected chi connectivity index (χ4v) is 4.33. The van der Waals surface area contributed by atoms with Gasteiger partial charge in [0.2, 0.25) is 0 Å². The van der Waals surface area contributed by atoms with Gasteiger partial charge < -0.3 is 5.11 Å². The molecule has 0 aliphatic heterocycles. The zero-order valence-electron chi connectivity index (χ0n) is 8.46. The van der Waals surface area contributed by atoms with Crippen LogP contribution in [0.5, 0.6) is 0 Å². The second-order valence-electron chi connectivity index (χ2n) is 5.58. The van der Waals surface area contributed by atoms with E-state index in [1.807, 2.05) is 0 Å².